The van der Waals surface area contributed by atoms with Crippen LogP contribution < -0.4 is 25.5 Å². The van der Waals surface area contributed by atoms with E-state index in [1.807, 2.05) is 0 Å². The van der Waals surface area contributed by atoms with Gasteiger partial charge in [0.25, 0.3) is 11.8 Å². The van der Waals surface area contributed by atoms with Gasteiger partial charge in [0.05, 0.1) is 26.3 Å². The molecule has 0 radical (unpaired) electrons. The highest BCUT2D eigenvalue weighted by Crippen LogP contribution is 2.27. The molecule has 3 amide bonds. The number of nitrogens with one attached hydrogen (secondary N) is 1. The zero-order valence-corrected chi connectivity index (χ0v) is 17.4. The molecule has 0 spiro atoms. The van der Waals surface area contributed by atoms with Crippen molar-refractivity contribution in [2.24, 2.45) is 5.73 Å². The number of methoxy groups -OCH3 is 2. The Morgan fingerprint density at radius 1 is 1.13 bits per heavy atom. The third kappa shape index (κ3) is 4.56. The lowest BCUT2D eigenvalue weighted by Gasteiger charge is -2.24. The van der Waals surface area contributed by atoms with Gasteiger partial charge in [-0.1, -0.05) is 0 Å². The molecule has 3 rings (SSSR count). The first kappa shape index (κ1) is 22.0. The number of primary amides is 1. The Labute approximate surface area is 182 Å². The average Bonchev–Trinajstić information content (AvgIpc) is 2.97. The van der Waals surface area contributed by atoms with Crippen molar-refractivity contribution in [1.29, 1.82) is 0 Å². The molecule has 1 atom stereocenters. The lowest BCUT2D eigenvalue weighted by atomic mass is 10.1. The molecule has 31 heavy (non-hydrogen) atoms. The molecule has 0 unspecified atom stereocenters. The zero-order chi connectivity index (χ0) is 22.7. The second-order valence-corrected chi connectivity index (χ2v) is 6.90. The summed E-state index contributed by atoms with van der Waals surface area (Å²) in [5.41, 5.74) is 8.29. The Morgan fingerprint density at radius 3 is 2.23 bits per heavy atom. The van der Waals surface area contributed by atoms with Crippen LogP contribution in [0, 0.1) is 5.82 Å². The fourth-order valence-corrected chi connectivity index (χ4v) is 3.40. The summed E-state index contributed by atoms with van der Waals surface area (Å²) in [4.78, 5) is 38.5. The van der Waals surface area contributed by atoms with Crippen LogP contribution in [0.5, 0.6) is 11.5 Å². The molecule has 1 saturated heterocycles. The number of anilines is 1. The Bertz CT molecular complexity index is 1020. The van der Waals surface area contributed by atoms with Gasteiger partial charge in [-0.3, -0.25) is 24.7 Å². The molecule has 1 fully saturated rings. The van der Waals surface area contributed by atoms with Gasteiger partial charge in [-0.2, -0.15) is 0 Å². The minimum Gasteiger partial charge on any atom is -0.497 e. The number of halogens is 1. The first-order valence-corrected chi connectivity index (χ1v) is 9.41. The van der Waals surface area contributed by atoms with E-state index >= 15 is 0 Å². The number of hydrogen-bond acceptors (Lipinski definition) is 6. The SMILES string of the molecule is COc1cc(OC)cc(C(=O)NN2C(=S)N(c3ccc(F)cc3)C(=O)[C@@H]2CC(N)=O)c1. The van der Waals surface area contributed by atoms with Crippen LogP contribution >= 0.6 is 12.2 Å². The van der Waals surface area contributed by atoms with Crippen molar-refractivity contribution >= 4 is 40.7 Å². The van der Waals surface area contributed by atoms with Gasteiger partial charge in [0.15, 0.2) is 0 Å². The topological polar surface area (TPSA) is 114 Å². The number of nitrogens with zero attached hydrogens (tertiary/aromatic N) is 2. The van der Waals surface area contributed by atoms with Crippen LogP contribution in [0.4, 0.5) is 10.1 Å². The largest absolute Gasteiger partial charge is 0.497 e. The van der Waals surface area contributed by atoms with E-state index in [0.717, 1.165) is 22.0 Å². The molecule has 162 valence electrons. The highest BCUT2D eigenvalue weighted by atomic mass is 32.1. The highest BCUT2D eigenvalue weighted by molar-refractivity contribution is 7.80. The molecule has 1 heterocycles. The molecule has 11 heteroatoms. The number of hydrazine groups is 1. The fourth-order valence-electron chi connectivity index (χ4n) is 3.03. The molecular weight excluding hydrogens is 427 g/mol. The van der Waals surface area contributed by atoms with E-state index in [1.165, 1.54) is 38.5 Å². The van der Waals surface area contributed by atoms with Crippen LogP contribution in [0.2, 0.25) is 0 Å². The van der Waals surface area contributed by atoms with Crippen molar-refractivity contribution in [3.63, 3.8) is 0 Å². The van der Waals surface area contributed by atoms with Crippen LogP contribution in [-0.2, 0) is 9.59 Å². The van der Waals surface area contributed by atoms with Gasteiger partial charge in [-0.05, 0) is 48.6 Å². The van der Waals surface area contributed by atoms with Crippen molar-refractivity contribution < 1.29 is 28.2 Å². The van der Waals surface area contributed by atoms with E-state index < -0.39 is 36.0 Å². The van der Waals surface area contributed by atoms with Crippen LogP contribution in [0.15, 0.2) is 42.5 Å². The number of carbonyl (C=O) groups excluding carboxylic acids is 3. The number of benzene rings is 2. The van der Waals surface area contributed by atoms with Gasteiger partial charge in [-0.25, -0.2) is 9.40 Å². The quantitative estimate of drug-likeness (QED) is 0.618. The second-order valence-electron chi connectivity index (χ2n) is 6.53. The van der Waals surface area contributed by atoms with E-state index in [1.54, 1.807) is 6.07 Å². The molecular formula is C20H19FN4O5S. The van der Waals surface area contributed by atoms with Crippen molar-refractivity contribution in [3.8, 4) is 11.5 Å². The maximum Gasteiger partial charge on any atom is 0.270 e. The summed E-state index contributed by atoms with van der Waals surface area (Å²) in [6, 6.07) is 8.42. The summed E-state index contributed by atoms with van der Waals surface area (Å²) in [5, 5.41) is 1.01. The Kier molecular flexibility index (Phi) is 6.35. The molecule has 0 aromatic heterocycles. The Balaban J connectivity index is 1.93. The van der Waals surface area contributed by atoms with Crippen LogP contribution in [0.1, 0.15) is 16.8 Å². The number of rotatable bonds is 7. The van der Waals surface area contributed by atoms with E-state index in [0.29, 0.717) is 11.5 Å². The molecule has 0 aliphatic carbocycles. The van der Waals surface area contributed by atoms with Crippen LogP contribution in [0.25, 0.3) is 0 Å². The molecule has 2 aromatic carbocycles. The van der Waals surface area contributed by atoms with Gasteiger partial charge in [0.2, 0.25) is 11.0 Å². The number of hydrogen-bond donors (Lipinski definition) is 2. The first-order chi connectivity index (χ1) is 14.7. The summed E-state index contributed by atoms with van der Waals surface area (Å²) >= 11 is 5.37. The molecule has 2 aromatic rings. The second kappa shape index (κ2) is 8.96. The summed E-state index contributed by atoms with van der Waals surface area (Å²) in [7, 11) is 2.88. The monoisotopic (exact) mass is 446 g/mol. The minimum absolute atomic E-state index is 0.0916. The van der Waals surface area contributed by atoms with E-state index in [-0.39, 0.29) is 16.4 Å². The maximum absolute atomic E-state index is 13.3. The predicted octanol–water partition coefficient (Wildman–Crippen LogP) is 1.37. The molecule has 1 aliphatic heterocycles. The Hall–Kier alpha value is -3.73. The Morgan fingerprint density at radius 2 is 1.71 bits per heavy atom. The van der Waals surface area contributed by atoms with E-state index in [4.69, 9.17) is 27.4 Å². The van der Waals surface area contributed by atoms with Gasteiger partial charge in [0, 0.05) is 11.6 Å². The molecule has 9 nitrogen and oxygen atoms in total. The summed E-state index contributed by atoms with van der Waals surface area (Å²) in [6.45, 7) is 0. The zero-order valence-electron chi connectivity index (χ0n) is 16.6. The third-order valence-corrected chi connectivity index (χ3v) is 4.91. The lowest BCUT2D eigenvalue weighted by Crippen LogP contribution is -2.49. The van der Waals surface area contributed by atoms with E-state index in [9.17, 15) is 18.8 Å². The number of thiocarbonyl (C=S) groups is 1. The van der Waals surface area contributed by atoms with Gasteiger partial charge >= 0.3 is 0 Å². The number of nitrogens with two attached hydrogens (primary N) is 1. The van der Waals surface area contributed by atoms with Crippen molar-refractivity contribution in [2.45, 2.75) is 12.5 Å². The van der Waals surface area contributed by atoms with Crippen molar-refractivity contribution in [3.05, 3.63) is 53.8 Å². The fraction of sp³-hybridized carbons (Fsp3) is 0.200. The summed E-state index contributed by atoms with van der Waals surface area (Å²) in [5.74, 6) is -1.70. The number of amides is 3. The van der Waals surface area contributed by atoms with Crippen LogP contribution in [0.3, 0.4) is 0 Å². The maximum atomic E-state index is 13.3. The van der Waals surface area contributed by atoms with Crippen molar-refractivity contribution in [2.75, 3.05) is 19.1 Å². The smallest absolute Gasteiger partial charge is 0.270 e. The summed E-state index contributed by atoms with van der Waals surface area (Å²) < 4.78 is 23.6. The van der Waals surface area contributed by atoms with Gasteiger partial charge < -0.3 is 15.2 Å². The number of carbonyl (C=O) groups is 3. The summed E-state index contributed by atoms with van der Waals surface area (Å²) in [6.07, 6.45) is -0.390. The normalized spacial score (nSPS) is 15.8. The third-order valence-electron chi connectivity index (χ3n) is 4.53. The number of ether oxygens (including phenoxy) is 2. The van der Waals surface area contributed by atoms with Gasteiger partial charge in [0.1, 0.15) is 23.4 Å². The lowest BCUT2D eigenvalue weighted by molar-refractivity contribution is -0.125. The first-order valence-electron chi connectivity index (χ1n) is 9.00. The van der Waals surface area contributed by atoms with Gasteiger partial charge in [-0.15, -0.1) is 0 Å². The highest BCUT2D eigenvalue weighted by Gasteiger charge is 2.45. The standard InChI is InChI=1S/C20H19FN4O5S/c1-29-14-7-11(8-15(9-14)30-2)18(27)23-25-16(10-17(22)26)19(28)24(20(25)31)13-5-3-12(21)4-6-13/h3-9,16H,10H2,1-2H3,(H2,22,26)(H,23,27)/t16-/m0/s1. The molecule has 0 bridgehead atoms. The van der Waals surface area contributed by atoms with Crippen LogP contribution in [-0.4, -0.2) is 48.1 Å². The average molecular weight is 446 g/mol. The molecule has 1 aliphatic rings. The van der Waals surface area contributed by atoms with E-state index in [2.05, 4.69) is 5.43 Å². The van der Waals surface area contributed by atoms with Crippen molar-refractivity contribution in [1.82, 2.24) is 10.4 Å². The molecule has 3 N–H and O–H groups in total. The minimum atomic E-state index is -1.16. The predicted molar refractivity (Wildman–Crippen MR) is 113 cm³/mol. The molecule has 0 saturated carbocycles.